The highest BCUT2D eigenvalue weighted by Gasteiger charge is 2.19. The highest BCUT2D eigenvalue weighted by atomic mass is 16.1. The first-order chi connectivity index (χ1) is 15.8. The minimum absolute atomic E-state index is 0.139. The van der Waals surface area contributed by atoms with E-state index >= 15 is 0 Å². The topological polar surface area (TPSA) is 81.8 Å². The number of hydrogen-bond acceptors (Lipinski definition) is 4. The van der Waals surface area contributed by atoms with E-state index in [0.717, 1.165) is 33.8 Å². The van der Waals surface area contributed by atoms with Gasteiger partial charge in [0.05, 0.1) is 11.4 Å². The summed E-state index contributed by atoms with van der Waals surface area (Å²) in [4.78, 5) is 30.5. The van der Waals surface area contributed by atoms with Crippen LogP contribution in [0.4, 0.5) is 5.69 Å². The summed E-state index contributed by atoms with van der Waals surface area (Å²) in [5.41, 5.74) is 7.28. The van der Waals surface area contributed by atoms with Crippen LogP contribution in [0.15, 0.2) is 47.3 Å². The van der Waals surface area contributed by atoms with Gasteiger partial charge in [0, 0.05) is 25.1 Å². The Morgan fingerprint density at radius 2 is 1.76 bits per heavy atom. The van der Waals surface area contributed by atoms with Gasteiger partial charge in [-0.05, 0) is 63.9 Å². The fourth-order valence-electron chi connectivity index (χ4n) is 3.97. The van der Waals surface area contributed by atoms with Crippen molar-refractivity contribution in [2.75, 3.05) is 5.32 Å². The van der Waals surface area contributed by atoms with Crippen LogP contribution in [0.25, 0.3) is 16.9 Å². The summed E-state index contributed by atoms with van der Waals surface area (Å²) in [6.45, 7) is 10.3. The van der Waals surface area contributed by atoms with Gasteiger partial charge in [0.1, 0.15) is 11.2 Å². The highest BCUT2D eigenvalue weighted by Crippen LogP contribution is 2.21. The maximum Gasteiger partial charge on any atom is 0.273 e. The van der Waals surface area contributed by atoms with E-state index in [-0.39, 0.29) is 24.3 Å². The number of carbonyl (C=O) groups is 1. The number of amides is 1. The molecule has 0 bridgehead atoms. The van der Waals surface area contributed by atoms with Crippen LogP contribution in [0.3, 0.4) is 0 Å². The normalized spacial score (nSPS) is 11.2. The third-order valence-electron chi connectivity index (χ3n) is 6.06. The molecule has 0 aliphatic carbocycles. The molecule has 0 unspecified atom stereocenters. The zero-order chi connectivity index (χ0) is 23.7. The number of fused-ring (bicyclic) bond motifs is 1. The van der Waals surface area contributed by atoms with Crippen molar-refractivity contribution < 1.29 is 4.79 Å². The number of aromatic nitrogens is 4. The molecule has 0 aliphatic rings. The molecule has 170 valence electrons. The first kappa shape index (κ1) is 22.5. The minimum Gasteiger partial charge on any atom is -0.326 e. The van der Waals surface area contributed by atoms with Crippen molar-refractivity contribution >= 4 is 22.8 Å². The minimum atomic E-state index is -0.183. The van der Waals surface area contributed by atoms with E-state index in [0.29, 0.717) is 23.4 Å². The van der Waals surface area contributed by atoms with E-state index in [4.69, 9.17) is 0 Å². The van der Waals surface area contributed by atoms with E-state index in [1.165, 1.54) is 0 Å². The molecule has 2 aromatic carbocycles. The Bertz CT molecular complexity index is 1400. The predicted molar refractivity (Wildman–Crippen MR) is 131 cm³/mol. The van der Waals surface area contributed by atoms with Gasteiger partial charge in [-0.1, -0.05) is 29.8 Å². The molecule has 2 heterocycles. The average molecular weight is 444 g/mol. The molecule has 7 nitrogen and oxygen atoms in total. The molecule has 4 aromatic rings. The molecule has 1 N–H and O–H groups in total. The number of anilines is 1. The van der Waals surface area contributed by atoms with Crippen LogP contribution in [-0.2, 0) is 17.8 Å². The van der Waals surface area contributed by atoms with E-state index in [1.807, 2.05) is 77.1 Å². The maximum atomic E-state index is 13.3. The van der Waals surface area contributed by atoms with Gasteiger partial charge in [-0.15, -0.1) is 0 Å². The number of rotatable bonds is 6. The molecular formula is C26H29N5O2. The Balaban J connectivity index is 1.65. The molecule has 1 amide bonds. The quantitative estimate of drug-likeness (QED) is 0.479. The molecular weight excluding hydrogens is 414 g/mol. The highest BCUT2D eigenvalue weighted by molar-refractivity contribution is 5.91. The first-order valence-electron chi connectivity index (χ1n) is 11.2. The van der Waals surface area contributed by atoms with E-state index in [2.05, 4.69) is 15.4 Å². The number of nitrogens with zero attached hydrogens (tertiary/aromatic N) is 4. The molecule has 0 atom stereocenters. The fraction of sp³-hybridized carbons (Fsp3) is 0.308. The van der Waals surface area contributed by atoms with E-state index in [9.17, 15) is 9.59 Å². The maximum absolute atomic E-state index is 13.3. The first-order valence-corrected chi connectivity index (χ1v) is 11.2. The Hall–Kier alpha value is -3.74. The Morgan fingerprint density at radius 3 is 2.45 bits per heavy atom. The van der Waals surface area contributed by atoms with Crippen molar-refractivity contribution in [3.63, 3.8) is 0 Å². The van der Waals surface area contributed by atoms with Crippen molar-refractivity contribution in [3.8, 4) is 5.69 Å². The molecule has 0 saturated carbocycles. The Labute approximate surface area is 193 Å². The third kappa shape index (κ3) is 4.31. The van der Waals surface area contributed by atoms with Gasteiger partial charge in [-0.2, -0.15) is 5.10 Å². The fourth-order valence-corrected chi connectivity index (χ4v) is 3.97. The van der Waals surface area contributed by atoms with Crippen molar-refractivity contribution in [2.24, 2.45) is 0 Å². The summed E-state index contributed by atoms with van der Waals surface area (Å²) in [5.74, 6) is -0.139. The molecule has 2 aromatic heterocycles. The molecule has 0 fully saturated rings. The van der Waals surface area contributed by atoms with Crippen LogP contribution in [0, 0.1) is 27.7 Å². The lowest BCUT2D eigenvalue weighted by molar-refractivity contribution is -0.116. The van der Waals surface area contributed by atoms with Gasteiger partial charge in [-0.3, -0.25) is 14.2 Å². The summed E-state index contributed by atoms with van der Waals surface area (Å²) >= 11 is 0. The van der Waals surface area contributed by atoms with Crippen LogP contribution in [-0.4, -0.2) is 25.2 Å². The van der Waals surface area contributed by atoms with Crippen LogP contribution in [0.1, 0.15) is 41.4 Å². The van der Waals surface area contributed by atoms with Crippen molar-refractivity contribution in [1.82, 2.24) is 19.3 Å². The summed E-state index contributed by atoms with van der Waals surface area (Å²) in [5, 5.41) is 7.62. The number of carbonyl (C=O) groups excluding carboxylic acids is 1. The lowest BCUT2D eigenvalue weighted by atomic mass is 10.1. The van der Waals surface area contributed by atoms with Gasteiger partial charge in [0.15, 0.2) is 5.65 Å². The Morgan fingerprint density at radius 1 is 1.03 bits per heavy atom. The van der Waals surface area contributed by atoms with Crippen molar-refractivity contribution in [3.05, 3.63) is 80.9 Å². The van der Waals surface area contributed by atoms with Gasteiger partial charge < -0.3 is 5.32 Å². The van der Waals surface area contributed by atoms with Crippen molar-refractivity contribution in [2.45, 2.75) is 54.0 Å². The van der Waals surface area contributed by atoms with E-state index in [1.54, 1.807) is 9.25 Å². The second-order valence-electron chi connectivity index (χ2n) is 8.41. The van der Waals surface area contributed by atoms with Gasteiger partial charge in [-0.25, -0.2) is 9.67 Å². The number of benzene rings is 2. The largest absolute Gasteiger partial charge is 0.326 e. The van der Waals surface area contributed by atoms with Gasteiger partial charge >= 0.3 is 0 Å². The monoisotopic (exact) mass is 443 g/mol. The summed E-state index contributed by atoms with van der Waals surface area (Å²) in [7, 11) is 0. The predicted octanol–water partition coefficient (Wildman–Crippen LogP) is 4.41. The van der Waals surface area contributed by atoms with Crippen LogP contribution >= 0.6 is 0 Å². The third-order valence-corrected chi connectivity index (χ3v) is 6.06. The van der Waals surface area contributed by atoms with Crippen LogP contribution < -0.4 is 10.9 Å². The average Bonchev–Trinajstić information content (AvgIpc) is 3.12. The van der Waals surface area contributed by atoms with Crippen molar-refractivity contribution in [1.29, 1.82) is 0 Å². The molecule has 7 heteroatoms. The summed E-state index contributed by atoms with van der Waals surface area (Å²) in [6.07, 6.45) is 0.441. The van der Waals surface area contributed by atoms with Crippen LogP contribution in [0.2, 0.25) is 0 Å². The number of aryl methyl sites for hydroxylation is 5. The van der Waals surface area contributed by atoms with Crippen LogP contribution in [0.5, 0.6) is 0 Å². The number of hydrogen-bond donors (Lipinski definition) is 1. The molecule has 33 heavy (non-hydrogen) atoms. The summed E-state index contributed by atoms with van der Waals surface area (Å²) < 4.78 is 3.47. The smallest absolute Gasteiger partial charge is 0.273 e. The molecule has 4 rings (SSSR count). The zero-order valence-electron chi connectivity index (χ0n) is 19.8. The SMILES string of the molecule is CCn1c(=O)c(CCC(=O)Nc2cccc(C)c2C)nc2c(C)nn(-c3ccc(C)cc3)c21. The molecule has 0 radical (unpaired) electrons. The lowest BCUT2D eigenvalue weighted by Crippen LogP contribution is -2.27. The van der Waals surface area contributed by atoms with E-state index < -0.39 is 0 Å². The molecule has 0 aliphatic heterocycles. The second-order valence-corrected chi connectivity index (χ2v) is 8.41. The molecule has 0 saturated heterocycles. The van der Waals surface area contributed by atoms with Gasteiger partial charge in [0.2, 0.25) is 5.91 Å². The Kier molecular flexibility index (Phi) is 6.14. The summed E-state index contributed by atoms with van der Waals surface area (Å²) in [6, 6.07) is 13.8. The molecule has 0 spiro atoms. The standard InChI is InChI=1S/C26H29N5O2/c1-6-30-25-24(19(5)29-31(25)20-12-10-16(2)11-13-20)28-22(26(30)33)14-15-23(32)27-21-9-7-8-17(3)18(21)4/h7-13H,6,14-15H2,1-5H3,(H,27,32). The number of nitrogens with one attached hydrogen (secondary N) is 1. The second kappa shape index (κ2) is 9.02. The zero-order valence-corrected chi connectivity index (χ0v) is 19.8. The van der Waals surface area contributed by atoms with Gasteiger partial charge in [0.25, 0.3) is 5.56 Å². The lowest BCUT2D eigenvalue weighted by Gasteiger charge is -2.12.